The molecule has 0 unspecified atom stereocenters. The van der Waals surface area contributed by atoms with E-state index < -0.39 is 24.5 Å². The highest BCUT2D eigenvalue weighted by Gasteiger charge is 2.15. The van der Waals surface area contributed by atoms with Gasteiger partial charge in [0.1, 0.15) is 5.69 Å². The summed E-state index contributed by atoms with van der Waals surface area (Å²) in [6.45, 7) is 3.19. The largest absolute Gasteiger partial charge is 0.451 e. The molecule has 1 aromatic heterocycles. The third kappa shape index (κ3) is 5.29. The predicted octanol–water partition coefficient (Wildman–Crippen LogP) is 3.20. The number of nitrogens with zero attached hydrogens (tertiary/aromatic N) is 1. The average molecular weight is 392 g/mol. The minimum atomic E-state index is -0.747. The summed E-state index contributed by atoms with van der Waals surface area (Å²) in [5, 5.41) is 11.3. The number of aryl methyl sites for hydroxylation is 2. The fraction of sp³-hybridized carbons (Fsp3) is 0.143. The van der Waals surface area contributed by atoms with E-state index in [1.165, 1.54) is 6.07 Å². The number of urea groups is 1. The standard InChI is InChI=1S/C21H20N4O4/c1-13-8-9-16(14(2)10-13)22-21(28)23-19(26)12-29-20(27)18-11-17(24-25-18)15-6-4-3-5-7-15/h3-11H,12H2,1-2H3,(H,24,25)(H2,22,23,26,28). The van der Waals surface area contributed by atoms with Gasteiger partial charge in [-0.3, -0.25) is 15.2 Å². The Kier molecular flexibility index (Phi) is 6.03. The normalized spacial score (nSPS) is 10.3. The second-order valence-electron chi connectivity index (χ2n) is 6.43. The van der Waals surface area contributed by atoms with Gasteiger partial charge >= 0.3 is 12.0 Å². The van der Waals surface area contributed by atoms with Crippen LogP contribution in [0.2, 0.25) is 0 Å². The van der Waals surface area contributed by atoms with E-state index in [-0.39, 0.29) is 5.69 Å². The minimum Gasteiger partial charge on any atom is -0.451 e. The first-order valence-corrected chi connectivity index (χ1v) is 8.88. The Labute approximate surface area is 167 Å². The van der Waals surface area contributed by atoms with Crippen LogP contribution >= 0.6 is 0 Å². The summed E-state index contributed by atoms with van der Waals surface area (Å²) in [7, 11) is 0. The second kappa shape index (κ2) is 8.83. The van der Waals surface area contributed by atoms with Gasteiger partial charge in [0.2, 0.25) is 0 Å². The van der Waals surface area contributed by atoms with Crippen LogP contribution in [0.1, 0.15) is 21.6 Å². The van der Waals surface area contributed by atoms with Gasteiger partial charge in [0, 0.05) is 11.3 Å². The number of aromatic nitrogens is 2. The molecule has 8 heteroatoms. The Morgan fingerprint density at radius 1 is 1.03 bits per heavy atom. The van der Waals surface area contributed by atoms with E-state index in [4.69, 9.17) is 4.74 Å². The number of imide groups is 1. The zero-order valence-corrected chi connectivity index (χ0v) is 16.0. The number of hydrogen-bond acceptors (Lipinski definition) is 5. The molecule has 3 N–H and O–H groups in total. The monoisotopic (exact) mass is 392 g/mol. The van der Waals surface area contributed by atoms with Crippen LogP contribution in [0.4, 0.5) is 10.5 Å². The third-order valence-corrected chi connectivity index (χ3v) is 4.08. The highest BCUT2D eigenvalue weighted by atomic mass is 16.5. The molecule has 0 aliphatic rings. The lowest BCUT2D eigenvalue weighted by Crippen LogP contribution is -2.37. The van der Waals surface area contributed by atoms with E-state index in [0.29, 0.717) is 11.4 Å². The molecule has 0 spiro atoms. The van der Waals surface area contributed by atoms with Gasteiger partial charge in [0.25, 0.3) is 5.91 Å². The summed E-state index contributed by atoms with van der Waals surface area (Å²) in [5.41, 5.74) is 4.04. The molecule has 29 heavy (non-hydrogen) atoms. The molecule has 2 aromatic carbocycles. The molecule has 0 saturated carbocycles. The number of hydrogen-bond donors (Lipinski definition) is 3. The van der Waals surface area contributed by atoms with Gasteiger partial charge in [-0.2, -0.15) is 5.10 Å². The molecule has 0 aliphatic carbocycles. The van der Waals surface area contributed by atoms with Crippen molar-refractivity contribution in [3.8, 4) is 11.3 Å². The Hall–Kier alpha value is -3.94. The van der Waals surface area contributed by atoms with Crippen LogP contribution in [-0.4, -0.2) is 34.7 Å². The van der Waals surface area contributed by atoms with Crippen LogP contribution < -0.4 is 10.6 Å². The molecule has 0 saturated heterocycles. The molecule has 0 fully saturated rings. The maximum Gasteiger partial charge on any atom is 0.356 e. The molecule has 3 aromatic rings. The molecular weight excluding hydrogens is 372 g/mol. The van der Waals surface area contributed by atoms with Gasteiger partial charge in [-0.15, -0.1) is 0 Å². The quantitative estimate of drug-likeness (QED) is 0.577. The number of ether oxygens (including phenoxy) is 1. The summed E-state index contributed by atoms with van der Waals surface area (Å²) in [5.74, 6) is -1.49. The van der Waals surface area contributed by atoms with Crippen molar-refractivity contribution in [1.29, 1.82) is 0 Å². The van der Waals surface area contributed by atoms with Gasteiger partial charge in [-0.25, -0.2) is 9.59 Å². The SMILES string of the molecule is Cc1ccc(NC(=O)NC(=O)COC(=O)c2cc(-c3ccccc3)n[nH]2)c(C)c1. The number of H-pyrrole nitrogens is 1. The highest BCUT2D eigenvalue weighted by Crippen LogP contribution is 2.17. The Morgan fingerprint density at radius 2 is 1.79 bits per heavy atom. The van der Waals surface area contributed by atoms with E-state index in [1.54, 1.807) is 6.07 Å². The maximum absolute atomic E-state index is 12.1. The molecular formula is C21H20N4O4. The summed E-state index contributed by atoms with van der Waals surface area (Å²) in [6.07, 6.45) is 0. The number of carbonyl (C=O) groups excluding carboxylic acids is 3. The number of rotatable bonds is 5. The maximum atomic E-state index is 12.1. The van der Waals surface area contributed by atoms with Crippen molar-refractivity contribution in [2.45, 2.75) is 13.8 Å². The summed E-state index contributed by atoms with van der Waals surface area (Å²) < 4.78 is 4.93. The second-order valence-corrected chi connectivity index (χ2v) is 6.43. The van der Waals surface area contributed by atoms with E-state index in [1.807, 2.05) is 56.3 Å². The molecule has 3 amide bonds. The van der Waals surface area contributed by atoms with Crippen LogP contribution in [-0.2, 0) is 9.53 Å². The number of amides is 3. The first-order chi connectivity index (χ1) is 13.9. The van der Waals surface area contributed by atoms with Gasteiger partial charge in [0.05, 0.1) is 5.69 Å². The number of carbonyl (C=O) groups is 3. The van der Waals surface area contributed by atoms with Crippen molar-refractivity contribution < 1.29 is 19.1 Å². The van der Waals surface area contributed by atoms with Gasteiger partial charge in [0.15, 0.2) is 6.61 Å². The van der Waals surface area contributed by atoms with Crippen LogP contribution in [0.5, 0.6) is 0 Å². The molecule has 0 aliphatic heterocycles. The van der Waals surface area contributed by atoms with E-state index >= 15 is 0 Å². The fourth-order valence-corrected chi connectivity index (χ4v) is 2.66. The lowest BCUT2D eigenvalue weighted by atomic mass is 10.1. The number of nitrogens with one attached hydrogen (secondary N) is 3. The first-order valence-electron chi connectivity index (χ1n) is 8.88. The first kappa shape index (κ1) is 19.8. The predicted molar refractivity (Wildman–Crippen MR) is 107 cm³/mol. The average Bonchev–Trinajstić information content (AvgIpc) is 3.19. The summed E-state index contributed by atoms with van der Waals surface area (Å²) in [6, 6.07) is 15.6. The molecule has 1 heterocycles. The minimum absolute atomic E-state index is 0.108. The van der Waals surface area contributed by atoms with Gasteiger partial charge in [-0.05, 0) is 31.5 Å². The smallest absolute Gasteiger partial charge is 0.356 e. The van der Waals surface area contributed by atoms with Crippen molar-refractivity contribution in [3.63, 3.8) is 0 Å². The van der Waals surface area contributed by atoms with Crippen LogP contribution in [0, 0.1) is 13.8 Å². The van der Waals surface area contributed by atoms with Crippen molar-refractivity contribution >= 4 is 23.6 Å². The molecule has 148 valence electrons. The molecule has 0 bridgehead atoms. The van der Waals surface area contributed by atoms with Crippen molar-refractivity contribution in [3.05, 3.63) is 71.4 Å². The van der Waals surface area contributed by atoms with Gasteiger partial charge in [-0.1, -0.05) is 48.0 Å². The Bertz CT molecular complexity index is 1040. The summed E-state index contributed by atoms with van der Waals surface area (Å²) in [4.78, 5) is 35.9. The Balaban J connectivity index is 1.49. The topological polar surface area (TPSA) is 113 Å². The van der Waals surface area contributed by atoms with Crippen LogP contribution in [0.3, 0.4) is 0 Å². The van der Waals surface area contributed by atoms with E-state index in [0.717, 1.165) is 16.7 Å². The van der Waals surface area contributed by atoms with Gasteiger partial charge < -0.3 is 10.1 Å². The molecule has 8 nitrogen and oxygen atoms in total. The number of anilines is 1. The lowest BCUT2D eigenvalue weighted by Gasteiger charge is -2.10. The van der Waals surface area contributed by atoms with Crippen LogP contribution in [0.15, 0.2) is 54.6 Å². The zero-order chi connectivity index (χ0) is 20.8. The highest BCUT2D eigenvalue weighted by molar-refractivity contribution is 6.02. The zero-order valence-electron chi connectivity index (χ0n) is 16.0. The fourth-order valence-electron chi connectivity index (χ4n) is 2.66. The number of esters is 1. The molecule has 0 radical (unpaired) electrons. The van der Waals surface area contributed by atoms with Crippen LogP contribution in [0.25, 0.3) is 11.3 Å². The lowest BCUT2D eigenvalue weighted by molar-refractivity contribution is -0.123. The Morgan fingerprint density at radius 3 is 2.52 bits per heavy atom. The molecule has 3 rings (SSSR count). The van der Waals surface area contributed by atoms with Crippen molar-refractivity contribution in [2.24, 2.45) is 0 Å². The molecule has 0 atom stereocenters. The third-order valence-electron chi connectivity index (χ3n) is 4.08. The van der Waals surface area contributed by atoms with E-state index in [9.17, 15) is 14.4 Å². The van der Waals surface area contributed by atoms with Crippen molar-refractivity contribution in [1.82, 2.24) is 15.5 Å². The number of aromatic amines is 1. The summed E-state index contributed by atoms with van der Waals surface area (Å²) >= 11 is 0. The van der Waals surface area contributed by atoms with E-state index in [2.05, 4.69) is 20.8 Å². The number of benzene rings is 2. The van der Waals surface area contributed by atoms with Crippen molar-refractivity contribution in [2.75, 3.05) is 11.9 Å².